The van der Waals surface area contributed by atoms with E-state index >= 15 is 0 Å². The predicted octanol–water partition coefficient (Wildman–Crippen LogP) is 3.20. The summed E-state index contributed by atoms with van der Waals surface area (Å²) in [6.07, 6.45) is 1.79. The first-order valence-corrected chi connectivity index (χ1v) is 12.5. The molecule has 34 heavy (non-hydrogen) atoms. The van der Waals surface area contributed by atoms with Gasteiger partial charge in [0, 0.05) is 32.4 Å². The Balaban J connectivity index is 1.51. The lowest BCUT2D eigenvalue weighted by atomic mass is 10.0. The third kappa shape index (κ3) is 4.69. The number of anilines is 1. The molecular formula is C20H23BrClN7O4S. The molecule has 3 aromatic heterocycles. The van der Waals surface area contributed by atoms with E-state index in [9.17, 15) is 14.7 Å². The lowest BCUT2D eigenvalue weighted by molar-refractivity contribution is 0.0540. The quantitative estimate of drug-likeness (QED) is 0.392. The summed E-state index contributed by atoms with van der Waals surface area (Å²) < 4.78 is 7.80. The largest absolute Gasteiger partial charge is 0.477 e. The molecule has 0 aliphatic carbocycles. The number of halogens is 2. The SMILES string of the molecule is CCn1cnc(-c2nc(N3CC[C@@H](NC(=O)c4[nH]c(C)c(Cl)c4Br)[C@@H](OC)C3)sc2C(=O)O)n1. The summed E-state index contributed by atoms with van der Waals surface area (Å²) in [6.45, 7) is 5.30. The van der Waals surface area contributed by atoms with Gasteiger partial charge in [0.15, 0.2) is 5.13 Å². The van der Waals surface area contributed by atoms with Crippen LogP contribution in [0.15, 0.2) is 10.8 Å². The number of hydrogen-bond donors (Lipinski definition) is 3. The minimum absolute atomic E-state index is 0.0806. The van der Waals surface area contributed by atoms with Crippen LogP contribution in [0.4, 0.5) is 5.13 Å². The summed E-state index contributed by atoms with van der Waals surface area (Å²) in [5.74, 6) is -1.09. The summed E-state index contributed by atoms with van der Waals surface area (Å²) in [4.78, 5) is 38.5. The Morgan fingerprint density at radius 3 is 2.82 bits per heavy atom. The maximum Gasteiger partial charge on any atom is 0.348 e. The van der Waals surface area contributed by atoms with Crippen molar-refractivity contribution in [3.8, 4) is 11.5 Å². The van der Waals surface area contributed by atoms with Crippen molar-refractivity contribution in [3.63, 3.8) is 0 Å². The Labute approximate surface area is 212 Å². The second-order valence-electron chi connectivity index (χ2n) is 7.74. The number of aryl methyl sites for hydroxylation is 2. The minimum Gasteiger partial charge on any atom is -0.477 e. The molecule has 1 aliphatic rings. The van der Waals surface area contributed by atoms with Gasteiger partial charge in [0.05, 0.1) is 21.6 Å². The zero-order chi connectivity index (χ0) is 24.6. The predicted molar refractivity (Wildman–Crippen MR) is 131 cm³/mol. The number of thiazole rings is 1. The van der Waals surface area contributed by atoms with E-state index in [0.29, 0.717) is 52.1 Å². The Bertz CT molecular complexity index is 1230. The number of amides is 1. The van der Waals surface area contributed by atoms with Crippen LogP contribution in [0, 0.1) is 6.92 Å². The summed E-state index contributed by atoms with van der Waals surface area (Å²) in [6, 6.07) is -0.247. The molecule has 3 aromatic rings. The van der Waals surface area contributed by atoms with E-state index in [0.717, 1.165) is 11.3 Å². The van der Waals surface area contributed by atoms with Crippen molar-refractivity contribution in [1.29, 1.82) is 0 Å². The van der Waals surface area contributed by atoms with Crippen molar-refractivity contribution >= 4 is 55.9 Å². The highest BCUT2D eigenvalue weighted by atomic mass is 79.9. The number of aromatic carboxylic acids is 1. The molecule has 0 saturated carbocycles. The van der Waals surface area contributed by atoms with Crippen LogP contribution in [0.3, 0.4) is 0 Å². The van der Waals surface area contributed by atoms with Crippen LogP contribution in [0.5, 0.6) is 0 Å². The van der Waals surface area contributed by atoms with Crippen LogP contribution in [-0.2, 0) is 11.3 Å². The lowest BCUT2D eigenvalue weighted by Crippen LogP contribution is -2.55. The van der Waals surface area contributed by atoms with Gasteiger partial charge in [-0.2, -0.15) is 0 Å². The number of nitrogens with one attached hydrogen (secondary N) is 2. The summed E-state index contributed by atoms with van der Waals surface area (Å²) in [5, 5.41) is 18.0. The number of aromatic nitrogens is 5. The van der Waals surface area contributed by atoms with E-state index in [1.165, 1.54) is 0 Å². The summed E-state index contributed by atoms with van der Waals surface area (Å²) in [5.41, 5.74) is 1.30. The van der Waals surface area contributed by atoms with Crippen LogP contribution in [-0.4, -0.2) is 74.1 Å². The van der Waals surface area contributed by atoms with E-state index in [4.69, 9.17) is 16.3 Å². The van der Waals surface area contributed by atoms with Crippen molar-refractivity contribution in [2.45, 2.75) is 39.0 Å². The Morgan fingerprint density at radius 2 is 2.24 bits per heavy atom. The fraction of sp³-hybridized carbons (Fsp3) is 0.450. The van der Waals surface area contributed by atoms with E-state index in [1.807, 2.05) is 11.8 Å². The molecule has 1 aliphatic heterocycles. The molecule has 0 bridgehead atoms. The number of ether oxygens (including phenoxy) is 1. The van der Waals surface area contributed by atoms with E-state index < -0.39 is 5.97 Å². The van der Waals surface area contributed by atoms with Crippen LogP contribution in [0.25, 0.3) is 11.5 Å². The number of carboxylic acid groups (broad SMARTS) is 1. The van der Waals surface area contributed by atoms with Gasteiger partial charge in [0.25, 0.3) is 5.91 Å². The normalized spacial score (nSPS) is 18.3. The van der Waals surface area contributed by atoms with Gasteiger partial charge in [-0.1, -0.05) is 22.9 Å². The monoisotopic (exact) mass is 571 g/mol. The molecule has 4 heterocycles. The second-order valence-corrected chi connectivity index (χ2v) is 9.89. The number of carbonyl (C=O) groups excluding carboxylic acids is 1. The highest BCUT2D eigenvalue weighted by Gasteiger charge is 2.34. The van der Waals surface area contributed by atoms with Crippen LogP contribution >= 0.6 is 38.9 Å². The maximum atomic E-state index is 12.8. The molecule has 3 N–H and O–H groups in total. The molecule has 1 saturated heterocycles. The third-order valence-electron chi connectivity index (χ3n) is 5.61. The molecule has 0 spiro atoms. The number of methoxy groups -OCH3 is 1. The van der Waals surface area contributed by atoms with Crippen molar-refractivity contribution in [2.75, 3.05) is 25.1 Å². The lowest BCUT2D eigenvalue weighted by Gasteiger charge is -2.37. The highest BCUT2D eigenvalue weighted by molar-refractivity contribution is 9.10. The Morgan fingerprint density at radius 1 is 1.47 bits per heavy atom. The average Bonchev–Trinajstić information content (AvgIpc) is 3.53. The van der Waals surface area contributed by atoms with Gasteiger partial charge in [-0.15, -0.1) is 5.10 Å². The Hall–Kier alpha value is -2.48. The number of rotatable bonds is 7. The first-order valence-electron chi connectivity index (χ1n) is 10.5. The molecule has 4 rings (SSSR count). The number of hydrogen-bond acceptors (Lipinski definition) is 8. The van der Waals surface area contributed by atoms with E-state index in [2.05, 4.69) is 41.3 Å². The third-order valence-corrected chi connectivity index (χ3v) is 8.21. The summed E-state index contributed by atoms with van der Waals surface area (Å²) >= 11 is 10.6. The van der Waals surface area contributed by atoms with E-state index in [1.54, 1.807) is 25.0 Å². The van der Waals surface area contributed by atoms with Gasteiger partial charge >= 0.3 is 5.97 Å². The molecule has 0 unspecified atom stereocenters. The molecule has 2 atom stereocenters. The minimum atomic E-state index is -1.08. The second kappa shape index (κ2) is 10.0. The van der Waals surface area contributed by atoms with Crippen LogP contribution < -0.4 is 10.2 Å². The number of H-pyrrole nitrogens is 1. The number of carbonyl (C=O) groups is 2. The molecular weight excluding hydrogens is 550 g/mol. The van der Waals surface area contributed by atoms with Crippen molar-refractivity contribution in [3.05, 3.63) is 32.1 Å². The first kappa shape index (κ1) is 24.6. The first-order chi connectivity index (χ1) is 16.2. The molecule has 0 radical (unpaired) electrons. The van der Waals surface area contributed by atoms with Gasteiger partial charge in [0.1, 0.15) is 22.6 Å². The van der Waals surface area contributed by atoms with Gasteiger partial charge in [-0.3, -0.25) is 9.48 Å². The van der Waals surface area contributed by atoms with Crippen molar-refractivity contribution in [1.82, 2.24) is 30.0 Å². The fourth-order valence-electron chi connectivity index (χ4n) is 3.76. The smallest absolute Gasteiger partial charge is 0.348 e. The van der Waals surface area contributed by atoms with Gasteiger partial charge in [0.2, 0.25) is 5.82 Å². The highest BCUT2D eigenvalue weighted by Crippen LogP contribution is 2.34. The zero-order valence-corrected chi connectivity index (χ0v) is 21.8. The van der Waals surface area contributed by atoms with Crippen molar-refractivity contribution < 1.29 is 19.4 Å². The molecule has 182 valence electrons. The van der Waals surface area contributed by atoms with Gasteiger partial charge in [-0.05, 0) is 36.2 Å². The molecule has 1 fully saturated rings. The molecule has 0 aromatic carbocycles. The topological polar surface area (TPSA) is 138 Å². The van der Waals surface area contributed by atoms with Crippen LogP contribution in [0.2, 0.25) is 5.02 Å². The molecule has 1 amide bonds. The standard InChI is InChI=1S/C20H23BrClN7O4S/c1-4-29-8-23-17(27-29)15-16(19(31)32)34-20(26-15)28-6-5-10(11(7-28)33-3)25-18(30)14-12(21)13(22)9(2)24-14/h8,10-11,24H,4-7H2,1-3H3,(H,25,30)(H,31,32)/t10-,11+/m1/s1. The number of piperidine rings is 1. The number of aromatic amines is 1. The average molecular weight is 573 g/mol. The molecule has 14 heteroatoms. The fourth-order valence-corrected chi connectivity index (χ4v) is 5.41. The molecule has 11 nitrogen and oxygen atoms in total. The van der Waals surface area contributed by atoms with Crippen LogP contribution in [0.1, 0.15) is 39.2 Å². The van der Waals surface area contributed by atoms with Gasteiger partial charge in [-0.25, -0.2) is 14.8 Å². The number of nitrogens with zero attached hydrogens (tertiary/aromatic N) is 5. The maximum absolute atomic E-state index is 12.8. The van der Waals surface area contributed by atoms with E-state index in [-0.39, 0.29) is 34.4 Å². The van der Waals surface area contributed by atoms with Crippen molar-refractivity contribution in [2.24, 2.45) is 0 Å². The zero-order valence-electron chi connectivity index (χ0n) is 18.6. The summed E-state index contributed by atoms with van der Waals surface area (Å²) in [7, 11) is 1.58. The Kier molecular flexibility index (Phi) is 7.26. The number of carboxylic acids is 1. The van der Waals surface area contributed by atoms with Gasteiger partial charge < -0.3 is 25.0 Å².